The average Bonchev–Trinajstić information content (AvgIpc) is 2.63. The van der Waals surface area contributed by atoms with Crippen LogP contribution in [-0.2, 0) is 0 Å². The first-order valence-corrected chi connectivity index (χ1v) is 19.9. The monoisotopic (exact) mass is 456 g/mol. The second-order valence-corrected chi connectivity index (χ2v) is 23.7. The van der Waals surface area contributed by atoms with E-state index in [2.05, 4.69) is 93.7 Å². The van der Waals surface area contributed by atoms with Crippen LogP contribution in [0.25, 0.3) is 0 Å². The molecule has 0 radical (unpaired) electrons. The fraction of sp³-hybridized carbons (Fsp3) is 0.182. The van der Waals surface area contributed by atoms with Crippen LogP contribution < -0.4 is 24.2 Å². The summed E-state index contributed by atoms with van der Waals surface area (Å²) in [5.41, 5.74) is 0. The molecule has 0 fully saturated rings. The summed E-state index contributed by atoms with van der Waals surface area (Å²) in [6.45, 7) is 0. The van der Waals surface area contributed by atoms with Crippen LogP contribution in [0.15, 0.2) is 78.9 Å². The first-order chi connectivity index (χ1) is 12.0. The van der Waals surface area contributed by atoms with Crippen molar-refractivity contribution in [3.8, 4) is 5.75 Å². The van der Waals surface area contributed by atoms with Gasteiger partial charge in [-0.2, -0.15) is 0 Å². The van der Waals surface area contributed by atoms with Crippen molar-refractivity contribution in [2.45, 2.75) is 14.8 Å². The van der Waals surface area contributed by atoms with Crippen molar-refractivity contribution in [2.24, 2.45) is 0 Å². The van der Waals surface area contributed by atoms with Gasteiger partial charge in [-0.05, 0) is 0 Å². The van der Waals surface area contributed by atoms with E-state index >= 15 is 0 Å². The van der Waals surface area contributed by atoms with Gasteiger partial charge in [-0.3, -0.25) is 0 Å². The minimum absolute atomic E-state index is 0.580. The van der Waals surface area contributed by atoms with Crippen molar-refractivity contribution in [3.63, 3.8) is 0 Å². The Bertz CT molecular complexity index is 786. The van der Waals surface area contributed by atoms with Crippen LogP contribution in [0.2, 0.25) is 14.8 Å². The van der Waals surface area contributed by atoms with Gasteiger partial charge in [-0.25, -0.2) is 0 Å². The van der Waals surface area contributed by atoms with E-state index in [0.717, 1.165) is 5.75 Å². The van der Waals surface area contributed by atoms with E-state index in [1.165, 1.54) is 15.9 Å². The average molecular weight is 455 g/mol. The van der Waals surface area contributed by atoms with Gasteiger partial charge in [0.05, 0.1) is 0 Å². The van der Waals surface area contributed by atoms with Crippen LogP contribution in [-0.4, -0.2) is 25.5 Å². The van der Waals surface area contributed by atoms with Crippen LogP contribution in [0.3, 0.4) is 0 Å². The zero-order valence-corrected chi connectivity index (χ0v) is 19.1. The summed E-state index contributed by atoms with van der Waals surface area (Å²) < 4.78 is 7.17. The molecule has 0 saturated carbocycles. The van der Waals surface area contributed by atoms with Gasteiger partial charge in [-0.1, -0.05) is 0 Å². The Morgan fingerprint density at radius 2 is 1.24 bits per heavy atom. The molecule has 0 aliphatic rings. The molecule has 0 aliphatic carbocycles. The van der Waals surface area contributed by atoms with Crippen molar-refractivity contribution in [1.82, 2.24) is 0 Å². The summed E-state index contributed by atoms with van der Waals surface area (Å²) in [6.07, 6.45) is 0. The van der Waals surface area contributed by atoms with E-state index in [4.69, 9.17) is 4.74 Å². The third-order valence-corrected chi connectivity index (χ3v) is 13.2. The molecule has 25 heavy (non-hydrogen) atoms. The molecular formula is C22H25OPSn. The van der Waals surface area contributed by atoms with Crippen LogP contribution >= 0.6 is 7.92 Å². The van der Waals surface area contributed by atoms with Gasteiger partial charge in [0.25, 0.3) is 0 Å². The molecule has 0 aromatic heterocycles. The van der Waals surface area contributed by atoms with Gasteiger partial charge in [0.2, 0.25) is 0 Å². The molecule has 0 N–H and O–H groups in total. The van der Waals surface area contributed by atoms with Crippen LogP contribution in [0.1, 0.15) is 0 Å². The van der Waals surface area contributed by atoms with Crippen molar-refractivity contribution >= 4 is 45.8 Å². The summed E-state index contributed by atoms with van der Waals surface area (Å²) in [5.74, 6) is 0.952. The van der Waals surface area contributed by atoms with Gasteiger partial charge < -0.3 is 0 Å². The van der Waals surface area contributed by atoms with E-state index in [-0.39, 0.29) is 0 Å². The van der Waals surface area contributed by atoms with E-state index in [9.17, 15) is 0 Å². The van der Waals surface area contributed by atoms with E-state index in [1.807, 2.05) is 0 Å². The van der Waals surface area contributed by atoms with Gasteiger partial charge in [0.1, 0.15) is 0 Å². The zero-order valence-electron chi connectivity index (χ0n) is 15.4. The predicted octanol–water partition coefficient (Wildman–Crippen LogP) is 4.00. The molecule has 0 bridgehead atoms. The molecule has 0 aliphatic heterocycles. The predicted molar refractivity (Wildman–Crippen MR) is 115 cm³/mol. The third kappa shape index (κ3) is 4.27. The summed E-state index contributed by atoms with van der Waals surface area (Å²) in [4.78, 5) is 7.47. The summed E-state index contributed by atoms with van der Waals surface area (Å²) in [7, 11) is 1.18. The fourth-order valence-electron chi connectivity index (χ4n) is 3.04. The van der Waals surface area contributed by atoms with Gasteiger partial charge in [0, 0.05) is 0 Å². The number of rotatable bonds is 5. The Morgan fingerprint density at radius 3 is 1.68 bits per heavy atom. The fourth-order valence-corrected chi connectivity index (χ4v) is 12.7. The molecule has 0 heterocycles. The molecule has 0 amide bonds. The first-order valence-electron chi connectivity index (χ1n) is 8.59. The van der Waals surface area contributed by atoms with Gasteiger partial charge in [0.15, 0.2) is 0 Å². The molecule has 128 valence electrons. The number of ether oxygens (including phenoxy) is 1. The molecule has 3 aromatic rings. The SMILES string of the molecule is COc1cc[c]([Sn]([CH3])([CH3])[CH3])c(P(c2ccccc2)c2ccccc2)c1. The second-order valence-electron chi connectivity index (χ2n) is 7.14. The Hall–Kier alpha value is -1.31. The van der Waals surface area contributed by atoms with Crippen LogP contribution in [0, 0.1) is 0 Å². The summed E-state index contributed by atoms with van der Waals surface area (Å²) in [5, 5.41) is 4.26. The molecule has 0 unspecified atom stereocenters. The summed E-state index contributed by atoms with van der Waals surface area (Å²) in [6, 6.07) is 28.6. The number of hydrogen-bond donors (Lipinski definition) is 0. The molecule has 1 nitrogen and oxygen atoms in total. The maximum absolute atomic E-state index is 5.58. The maximum atomic E-state index is 5.58. The second kappa shape index (κ2) is 7.93. The van der Waals surface area contributed by atoms with E-state index in [1.54, 1.807) is 10.7 Å². The molecular weight excluding hydrogens is 430 g/mol. The minimum atomic E-state index is -2.28. The molecule has 3 heteroatoms. The quantitative estimate of drug-likeness (QED) is 0.418. The molecule has 0 atom stereocenters. The van der Waals surface area contributed by atoms with Crippen molar-refractivity contribution < 1.29 is 4.74 Å². The van der Waals surface area contributed by atoms with Crippen molar-refractivity contribution in [3.05, 3.63) is 78.9 Å². The third-order valence-electron chi connectivity index (χ3n) is 4.28. The number of benzene rings is 3. The molecule has 0 spiro atoms. The number of hydrogen-bond acceptors (Lipinski definition) is 1. The van der Waals surface area contributed by atoms with Crippen molar-refractivity contribution in [2.75, 3.05) is 7.11 Å². The number of methoxy groups -OCH3 is 1. The van der Waals surface area contributed by atoms with Crippen molar-refractivity contribution in [1.29, 1.82) is 0 Å². The molecule has 3 aromatic carbocycles. The molecule has 0 saturated heterocycles. The van der Waals surface area contributed by atoms with Crippen LogP contribution in [0.5, 0.6) is 5.75 Å². The van der Waals surface area contributed by atoms with Crippen LogP contribution in [0.4, 0.5) is 0 Å². The zero-order chi connectivity index (χ0) is 17.9. The van der Waals surface area contributed by atoms with Gasteiger partial charge in [-0.15, -0.1) is 0 Å². The Morgan fingerprint density at radius 1 is 0.720 bits per heavy atom. The Kier molecular flexibility index (Phi) is 5.86. The topological polar surface area (TPSA) is 9.23 Å². The first kappa shape index (κ1) is 18.5. The van der Waals surface area contributed by atoms with E-state index in [0.29, 0.717) is 0 Å². The Labute approximate surface area is 156 Å². The van der Waals surface area contributed by atoms with Gasteiger partial charge >= 0.3 is 157 Å². The summed E-state index contributed by atoms with van der Waals surface area (Å²) >= 11 is -2.28. The standard InChI is InChI=1S/C19H16OP.3CH3.Sn/c1-20-16-9-8-14-19(15-16)21(17-10-4-2-5-11-17)18-12-6-3-7-13-18;;;;/h2-13,15H,1H3;3*1H3;. The normalized spacial score (nSPS) is 11.6. The molecule has 3 rings (SSSR count). The van der Waals surface area contributed by atoms with E-state index < -0.39 is 26.3 Å². The Balaban J connectivity index is 2.27.